The number of benzene rings is 1. The van der Waals surface area contributed by atoms with Crippen molar-refractivity contribution in [1.29, 1.82) is 0 Å². The van der Waals surface area contributed by atoms with Gasteiger partial charge in [-0.1, -0.05) is 38.8 Å². The van der Waals surface area contributed by atoms with Crippen molar-refractivity contribution >= 4 is 37.8 Å². The van der Waals surface area contributed by atoms with Crippen molar-refractivity contribution in [2.75, 3.05) is 11.9 Å². The summed E-state index contributed by atoms with van der Waals surface area (Å²) >= 11 is 6.74. The monoisotopic (exact) mass is 375 g/mol. The minimum atomic E-state index is -0.0891. The van der Waals surface area contributed by atoms with Crippen LogP contribution in [0.2, 0.25) is 0 Å². The summed E-state index contributed by atoms with van der Waals surface area (Å²) in [5, 5.41) is 10.6. The molecule has 98 valence electrons. The van der Waals surface area contributed by atoms with E-state index in [0.29, 0.717) is 11.5 Å². The Kier molecular flexibility index (Phi) is 4.33. The number of phenols is 1. The van der Waals surface area contributed by atoms with Crippen molar-refractivity contribution in [3.05, 3.63) is 28.2 Å². The van der Waals surface area contributed by atoms with Gasteiger partial charge in [-0.25, -0.2) is 0 Å². The van der Waals surface area contributed by atoms with Gasteiger partial charge in [0.25, 0.3) is 5.91 Å². The number of phenolic OH excluding ortho intramolecular Hbond substituents is 1. The number of amides is 1. The van der Waals surface area contributed by atoms with Crippen LogP contribution in [0.3, 0.4) is 0 Å². The van der Waals surface area contributed by atoms with E-state index in [2.05, 4.69) is 38.8 Å². The molecular formula is C13H15Br2NO2. The molecule has 5 heteroatoms. The average Bonchev–Trinajstić information content (AvgIpc) is 2.69. The maximum atomic E-state index is 12.4. The zero-order valence-corrected chi connectivity index (χ0v) is 13.2. The Morgan fingerprint density at radius 2 is 2.28 bits per heavy atom. The Morgan fingerprint density at radius 3 is 2.89 bits per heavy atom. The lowest BCUT2D eigenvalue weighted by Crippen LogP contribution is -2.38. The summed E-state index contributed by atoms with van der Waals surface area (Å²) < 4.78 is 0.767. The highest BCUT2D eigenvalue weighted by Crippen LogP contribution is 2.30. The van der Waals surface area contributed by atoms with E-state index in [-0.39, 0.29) is 17.7 Å². The highest BCUT2D eigenvalue weighted by molar-refractivity contribution is 9.10. The van der Waals surface area contributed by atoms with Crippen LogP contribution in [0, 0.1) is 5.92 Å². The maximum Gasteiger partial charge on any atom is 0.257 e. The first-order valence-electron chi connectivity index (χ1n) is 5.90. The van der Waals surface area contributed by atoms with Crippen LogP contribution in [0.25, 0.3) is 0 Å². The zero-order valence-electron chi connectivity index (χ0n) is 10.1. The van der Waals surface area contributed by atoms with Crippen LogP contribution < -0.4 is 0 Å². The third-order valence-corrected chi connectivity index (χ3v) is 4.65. The molecule has 0 aromatic heterocycles. The summed E-state index contributed by atoms with van der Waals surface area (Å²) in [6.45, 7) is 2.91. The summed E-state index contributed by atoms with van der Waals surface area (Å²) in [7, 11) is 0. The normalized spacial score (nSPS) is 23.4. The van der Waals surface area contributed by atoms with Crippen LogP contribution in [0.5, 0.6) is 5.75 Å². The molecule has 1 aliphatic heterocycles. The number of alkyl halides is 1. The van der Waals surface area contributed by atoms with Crippen molar-refractivity contribution in [1.82, 2.24) is 4.90 Å². The SMILES string of the molecule is CC1CCN(C(=O)c2ccc(Br)cc2O)C1CBr. The van der Waals surface area contributed by atoms with E-state index in [1.807, 2.05) is 4.90 Å². The van der Waals surface area contributed by atoms with Crippen molar-refractivity contribution in [3.63, 3.8) is 0 Å². The number of halogens is 2. The molecular weight excluding hydrogens is 362 g/mol. The molecule has 1 saturated heterocycles. The van der Waals surface area contributed by atoms with Crippen molar-refractivity contribution < 1.29 is 9.90 Å². The molecule has 1 amide bonds. The standard InChI is InChI=1S/C13H15Br2NO2/c1-8-4-5-16(11(8)7-14)13(18)10-3-2-9(15)6-12(10)17/h2-3,6,8,11,17H,4-5,7H2,1H3. The highest BCUT2D eigenvalue weighted by Gasteiger charge is 2.34. The lowest BCUT2D eigenvalue weighted by molar-refractivity contribution is 0.0735. The minimum Gasteiger partial charge on any atom is -0.507 e. The van der Waals surface area contributed by atoms with Crippen LogP contribution in [0.4, 0.5) is 0 Å². The second-order valence-electron chi connectivity index (χ2n) is 4.65. The molecule has 0 spiro atoms. The van der Waals surface area contributed by atoms with E-state index in [9.17, 15) is 9.90 Å². The summed E-state index contributed by atoms with van der Waals surface area (Å²) in [6.07, 6.45) is 1.01. The first-order chi connectivity index (χ1) is 8.54. The van der Waals surface area contributed by atoms with Gasteiger partial charge < -0.3 is 10.0 Å². The van der Waals surface area contributed by atoms with Gasteiger partial charge in [0, 0.05) is 22.4 Å². The lowest BCUT2D eigenvalue weighted by Gasteiger charge is -2.25. The first-order valence-corrected chi connectivity index (χ1v) is 7.81. The smallest absolute Gasteiger partial charge is 0.257 e. The number of hydrogen-bond acceptors (Lipinski definition) is 2. The number of nitrogens with zero attached hydrogens (tertiary/aromatic N) is 1. The predicted molar refractivity (Wildman–Crippen MR) is 78.2 cm³/mol. The molecule has 0 aliphatic carbocycles. The van der Waals surface area contributed by atoms with E-state index in [1.165, 1.54) is 0 Å². The molecule has 3 nitrogen and oxygen atoms in total. The zero-order chi connectivity index (χ0) is 13.3. The number of aromatic hydroxyl groups is 1. The average molecular weight is 377 g/mol. The largest absolute Gasteiger partial charge is 0.507 e. The topological polar surface area (TPSA) is 40.5 Å². The van der Waals surface area contributed by atoms with Crippen LogP contribution >= 0.6 is 31.9 Å². The molecule has 1 aromatic carbocycles. The Balaban J connectivity index is 2.26. The van der Waals surface area contributed by atoms with E-state index in [1.54, 1.807) is 18.2 Å². The Morgan fingerprint density at radius 1 is 1.56 bits per heavy atom. The quantitative estimate of drug-likeness (QED) is 0.803. The third-order valence-electron chi connectivity index (χ3n) is 3.49. The summed E-state index contributed by atoms with van der Waals surface area (Å²) in [4.78, 5) is 14.3. The second-order valence-corrected chi connectivity index (χ2v) is 6.21. The van der Waals surface area contributed by atoms with Gasteiger partial charge in [-0.3, -0.25) is 4.79 Å². The highest BCUT2D eigenvalue weighted by atomic mass is 79.9. The molecule has 0 radical (unpaired) electrons. The van der Waals surface area contributed by atoms with Crippen LogP contribution in [-0.2, 0) is 0 Å². The fraction of sp³-hybridized carbons (Fsp3) is 0.462. The van der Waals surface area contributed by atoms with E-state index in [0.717, 1.165) is 22.8 Å². The number of likely N-dealkylation sites (tertiary alicyclic amines) is 1. The van der Waals surface area contributed by atoms with E-state index in [4.69, 9.17) is 0 Å². The van der Waals surface area contributed by atoms with E-state index < -0.39 is 0 Å². The summed E-state index contributed by atoms with van der Waals surface area (Å²) in [5.74, 6) is 0.432. The van der Waals surface area contributed by atoms with Crippen LogP contribution in [-0.4, -0.2) is 33.8 Å². The molecule has 1 heterocycles. The summed E-state index contributed by atoms with van der Waals surface area (Å²) in [5.41, 5.74) is 0.373. The molecule has 1 aliphatic rings. The molecule has 2 unspecified atom stereocenters. The van der Waals surface area contributed by atoms with Gasteiger partial charge in [-0.2, -0.15) is 0 Å². The number of rotatable bonds is 2. The van der Waals surface area contributed by atoms with Gasteiger partial charge >= 0.3 is 0 Å². The number of carbonyl (C=O) groups excluding carboxylic acids is 1. The third kappa shape index (κ3) is 2.57. The number of hydrogen-bond donors (Lipinski definition) is 1. The lowest BCUT2D eigenvalue weighted by atomic mass is 10.0. The van der Waals surface area contributed by atoms with Crippen molar-refractivity contribution in [2.24, 2.45) is 5.92 Å². The van der Waals surface area contributed by atoms with Gasteiger partial charge in [0.1, 0.15) is 5.75 Å². The Labute approximate surface area is 123 Å². The minimum absolute atomic E-state index is 0.0299. The maximum absolute atomic E-state index is 12.4. The van der Waals surface area contributed by atoms with Crippen LogP contribution in [0.1, 0.15) is 23.7 Å². The summed E-state index contributed by atoms with van der Waals surface area (Å²) in [6, 6.07) is 5.20. The van der Waals surface area contributed by atoms with E-state index >= 15 is 0 Å². The molecule has 1 N–H and O–H groups in total. The van der Waals surface area contributed by atoms with Crippen molar-refractivity contribution in [2.45, 2.75) is 19.4 Å². The van der Waals surface area contributed by atoms with Gasteiger partial charge in [0.15, 0.2) is 0 Å². The predicted octanol–water partition coefficient (Wildman–Crippen LogP) is 3.40. The van der Waals surface area contributed by atoms with Gasteiger partial charge in [-0.15, -0.1) is 0 Å². The molecule has 2 rings (SSSR count). The van der Waals surface area contributed by atoms with Gasteiger partial charge in [-0.05, 0) is 30.5 Å². The van der Waals surface area contributed by atoms with Crippen molar-refractivity contribution in [3.8, 4) is 5.75 Å². The molecule has 0 bridgehead atoms. The van der Waals surface area contributed by atoms with Gasteiger partial charge in [0.05, 0.1) is 5.56 Å². The van der Waals surface area contributed by atoms with Gasteiger partial charge in [0.2, 0.25) is 0 Å². The number of carbonyl (C=O) groups is 1. The first kappa shape index (κ1) is 13.9. The molecule has 0 saturated carbocycles. The second kappa shape index (κ2) is 5.61. The fourth-order valence-corrected chi connectivity index (χ4v) is 3.67. The molecule has 1 aromatic rings. The molecule has 18 heavy (non-hydrogen) atoms. The Bertz CT molecular complexity index is 464. The fourth-order valence-electron chi connectivity index (χ4n) is 2.34. The van der Waals surface area contributed by atoms with Crippen LogP contribution in [0.15, 0.2) is 22.7 Å². The Hall–Kier alpha value is -0.550. The molecule has 1 fully saturated rings. The molecule has 2 atom stereocenters.